The molecule has 0 aliphatic carbocycles. The third-order valence-corrected chi connectivity index (χ3v) is 4.03. The minimum Gasteiger partial charge on any atom is -0.378 e. The molecule has 0 radical (unpaired) electrons. The molecule has 6 heteroatoms. The molecule has 0 amide bonds. The van der Waals surface area contributed by atoms with Gasteiger partial charge in [-0.15, -0.1) is 0 Å². The molecule has 24 heavy (non-hydrogen) atoms. The monoisotopic (exact) mass is 321 g/mol. The smallest absolute Gasteiger partial charge is 0.132 e. The van der Waals surface area contributed by atoms with Gasteiger partial charge in [0, 0.05) is 49.1 Å². The molecule has 0 atom stereocenters. The van der Waals surface area contributed by atoms with E-state index < -0.39 is 0 Å². The van der Waals surface area contributed by atoms with Gasteiger partial charge in [-0.3, -0.25) is 0 Å². The molecule has 1 aliphatic rings. The zero-order chi connectivity index (χ0) is 16.2. The van der Waals surface area contributed by atoms with Crippen LogP contribution in [0.2, 0.25) is 0 Å². The number of ether oxygens (including phenoxy) is 1. The molecule has 0 bridgehead atoms. The molecule has 1 aliphatic heterocycles. The summed E-state index contributed by atoms with van der Waals surface area (Å²) in [4.78, 5) is 6.71. The van der Waals surface area contributed by atoms with Crippen molar-refractivity contribution in [3.63, 3.8) is 0 Å². The number of nitrogens with zero attached hydrogens (tertiary/aromatic N) is 4. The van der Waals surface area contributed by atoms with Crippen LogP contribution >= 0.6 is 0 Å². The van der Waals surface area contributed by atoms with E-state index in [1.54, 1.807) is 12.4 Å². The fraction of sp³-hybridized carbons (Fsp3) is 0.222. The minimum atomic E-state index is 0.794. The molecular weight excluding hydrogens is 302 g/mol. The molecule has 0 spiro atoms. The quantitative estimate of drug-likeness (QED) is 0.801. The van der Waals surface area contributed by atoms with Crippen molar-refractivity contribution in [1.82, 2.24) is 14.8 Å². The summed E-state index contributed by atoms with van der Waals surface area (Å²) in [7, 11) is 0. The third-order valence-electron chi connectivity index (χ3n) is 4.03. The van der Waals surface area contributed by atoms with Crippen LogP contribution in [-0.2, 0) is 4.74 Å². The average Bonchev–Trinajstić information content (AvgIpc) is 3.18. The Morgan fingerprint density at radius 1 is 0.958 bits per heavy atom. The summed E-state index contributed by atoms with van der Waals surface area (Å²) < 4.78 is 7.21. The van der Waals surface area contributed by atoms with E-state index in [4.69, 9.17) is 4.74 Å². The Bertz CT molecular complexity index is 779. The Balaban J connectivity index is 1.48. The summed E-state index contributed by atoms with van der Waals surface area (Å²) >= 11 is 0. The number of benzene rings is 1. The van der Waals surface area contributed by atoms with E-state index in [2.05, 4.69) is 44.6 Å². The number of pyridine rings is 1. The van der Waals surface area contributed by atoms with Gasteiger partial charge in [-0.2, -0.15) is 5.10 Å². The lowest BCUT2D eigenvalue weighted by molar-refractivity contribution is 0.122. The molecule has 1 saturated heterocycles. The number of morpholine rings is 1. The van der Waals surface area contributed by atoms with E-state index in [0.29, 0.717) is 0 Å². The highest BCUT2D eigenvalue weighted by atomic mass is 16.5. The van der Waals surface area contributed by atoms with Crippen LogP contribution in [0, 0.1) is 0 Å². The lowest BCUT2D eigenvalue weighted by Gasteiger charge is -2.28. The van der Waals surface area contributed by atoms with Gasteiger partial charge >= 0.3 is 0 Å². The zero-order valence-electron chi connectivity index (χ0n) is 13.3. The van der Waals surface area contributed by atoms with E-state index in [1.165, 1.54) is 5.69 Å². The van der Waals surface area contributed by atoms with Gasteiger partial charge in [-0.05, 0) is 36.4 Å². The maximum Gasteiger partial charge on any atom is 0.132 e. The Labute approximate surface area is 140 Å². The maximum atomic E-state index is 5.40. The third kappa shape index (κ3) is 3.23. The van der Waals surface area contributed by atoms with Gasteiger partial charge in [0.1, 0.15) is 5.82 Å². The molecule has 2 aromatic heterocycles. The minimum absolute atomic E-state index is 0.794. The maximum absolute atomic E-state index is 5.40. The molecule has 0 unspecified atom stereocenters. The van der Waals surface area contributed by atoms with Crippen molar-refractivity contribution in [2.45, 2.75) is 0 Å². The van der Waals surface area contributed by atoms with Gasteiger partial charge < -0.3 is 15.0 Å². The van der Waals surface area contributed by atoms with E-state index >= 15 is 0 Å². The van der Waals surface area contributed by atoms with E-state index in [-0.39, 0.29) is 0 Å². The predicted octanol–water partition coefficient (Wildman–Crippen LogP) is 2.85. The zero-order valence-corrected chi connectivity index (χ0v) is 13.3. The number of anilines is 3. The highest BCUT2D eigenvalue weighted by Gasteiger charge is 2.10. The molecule has 122 valence electrons. The summed E-state index contributed by atoms with van der Waals surface area (Å²) in [6.45, 7) is 3.48. The largest absolute Gasteiger partial charge is 0.378 e. The van der Waals surface area contributed by atoms with Crippen LogP contribution in [0.15, 0.2) is 61.1 Å². The van der Waals surface area contributed by atoms with Crippen molar-refractivity contribution >= 4 is 17.2 Å². The highest BCUT2D eigenvalue weighted by Crippen LogP contribution is 2.22. The van der Waals surface area contributed by atoms with Gasteiger partial charge in [-0.1, -0.05) is 0 Å². The van der Waals surface area contributed by atoms with Gasteiger partial charge in [0.2, 0.25) is 0 Å². The van der Waals surface area contributed by atoms with Crippen LogP contribution in [-0.4, -0.2) is 41.1 Å². The first-order valence-corrected chi connectivity index (χ1v) is 8.04. The van der Waals surface area contributed by atoms with Crippen LogP contribution in [0.1, 0.15) is 0 Å². The second-order valence-corrected chi connectivity index (χ2v) is 5.62. The summed E-state index contributed by atoms with van der Waals surface area (Å²) in [6, 6.07) is 14.2. The van der Waals surface area contributed by atoms with E-state index in [1.807, 2.05) is 29.1 Å². The van der Waals surface area contributed by atoms with Crippen LogP contribution in [0.4, 0.5) is 17.2 Å². The lowest BCUT2D eigenvalue weighted by Crippen LogP contribution is -2.36. The van der Waals surface area contributed by atoms with Gasteiger partial charge in [0.25, 0.3) is 0 Å². The Hall–Kier alpha value is -2.86. The van der Waals surface area contributed by atoms with Crippen LogP contribution in [0.3, 0.4) is 0 Å². The fourth-order valence-corrected chi connectivity index (χ4v) is 2.78. The second-order valence-electron chi connectivity index (χ2n) is 5.62. The molecule has 3 heterocycles. The van der Waals surface area contributed by atoms with Gasteiger partial charge in [-0.25, -0.2) is 9.67 Å². The number of rotatable bonds is 4. The standard InChI is InChI=1S/C18H19N5O/c1-7-20-23(9-1)17-6-8-19-18(14-17)21-15-2-4-16(5-3-15)22-10-12-24-13-11-22/h1-9,14H,10-13H2,(H,19,21). The predicted molar refractivity (Wildman–Crippen MR) is 94.1 cm³/mol. The number of hydrogen-bond donors (Lipinski definition) is 1. The summed E-state index contributed by atoms with van der Waals surface area (Å²) in [5.74, 6) is 0.794. The van der Waals surface area contributed by atoms with Gasteiger partial charge in [0.15, 0.2) is 0 Å². The van der Waals surface area contributed by atoms with Crippen LogP contribution < -0.4 is 10.2 Å². The van der Waals surface area contributed by atoms with Crippen molar-refractivity contribution in [2.24, 2.45) is 0 Å². The Morgan fingerprint density at radius 3 is 2.54 bits per heavy atom. The molecule has 1 fully saturated rings. The van der Waals surface area contributed by atoms with Crippen LogP contribution in [0.25, 0.3) is 5.69 Å². The normalized spacial score (nSPS) is 14.6. The first kappa shape index (κ1) is 14.7. The first-order valence-electron chi connectivity index (χ1n) is 8.04. The topological polar surface area (TPSA) is 55.2 Å². The lowest BCUT2D eigenvalue weighted by atomic mass is 10.2. The number of aromatic nitrogens is 3. The van der Waals surface area contributed by atoms with E-state index in [0.717, 1.165) is 43.5 Å². The van der Waals surface area contributed by atoms with E-state index in [9.17, 15) is 0 Å². The van der Waals surface area contributed by atoms with Crippen molar-refractivity contribution < 1.29 is 4.74 Å². The molecule has 4 rings (SSSR count). The summed E-state index contributed by atoms with van der Waals surface area (Å²) in [6.07, 6.45) is 5.45. The fourth-order valence-electron chi connectivity index (χ4n) is 2.78. The van der Waals surface area contributed by atoms with Crippen molar-refractivity contribution in [2.75, 3.05) is 36.5 Å². The molecule has 3 aromatic rings. The average molecular weight is 321 g/mol. The SMILES string of the molecule is c1cnn(-c2ccnc(Nc3ccc(N4CCOCC4)cc3)c2)c1. The molecule has 1 aromatic carbocycles. The molecule has 1 N–H and O–H groups in total. The molecule has 6 nitrogen and oxygen atoms in total. The number of hydrogen-bond acceptors (Lipinski definition) is 5. The van der Waals surface area contributed by atoms with Crippen LogP contribution in [0.5, 0.6) is 0 Å². The summed E-state index contributed by atoms with van der Waals surface area (Å²) in [5, 5.41) is 7.58. The summed E-state index contributed by atoms with van der Waals surface area (Å²) in [5.41, 5.74) is 3.21. The van der Waals surface area contributed by atoms with Crippen molar-refractivity contribution in [3.8, 4) is 5.69 Å². The number of nitrogens with one attached hydrogen (secondary N) is 1. The van der Waals surface area contributed by atoms with Crippen molar-refractivity contribution in [1.29, 1.82) is 0 Å². The molecular formula is C18H19N5O. The highest BCUT2D eigenvalue weighted by molar-refractivity contribution is 5.62. The van der Waals surface area contributed by atoms with Gasteiger partial charge in [0.05, 0.1) is 18.9 Å². The second kappa shape index (κ2) is 6.72. The first-order chi connectivity index (χ1) is 11.9. The molecule has 0 saturated carbocycles. The Morgan fingerprint density at radius 2 is 1.79 bits per heavy atom. The van der Waals surface area contributed by atoms with Crippen molar-refractivity contribution in [3.05, 3.63) is 61.1 Å². The Kier molecular flexibility index (Phi) is 4.12.